The Hall–Kier alpha value is -1.58. The van der Waals surface area contributed by atoms with Gasteiger partial charge < -0.3 is 9.80 Å². The van der Waals surface area contributed by atoms with Crippen LogP contribution in [-0.4, -0.2) is 37.0 Å². The van der Waals surface area contributed by atoms with Crippen LogP contribution in [0.2, 0.25) is 0 Å². The van der Waals surface area contributed by atoms with Gasteiger partial charge in [-0.3, -0.25) is 4.79 Å². The maximum atomic E-state index is 13.2. The van der Waals surface area contributed by atoms with E-state index >= 15 is 0 Å². The fourth-order valence-electron chi connectivity index (χ4n) is 2.31. The minimum Gasteiger partial charge on any atom is -0.368 e. The number of amides is 1. The van der Waals surface area contributed by atoms with Crippen LogP contribution < -0.4 is 4.90 Å². The van der Waals surface area contributed by atoms with Gasteiger partial charge >= 0.3 is 0 Å². The molecule has 0 spiro atoms. The number of benzene rings is 1. The average Bonchev–Trinajstić information content (AvgIpc) is 2.37. The zero-order valence-corrected chi connectivity index (χ0v) is 11.8. The summed E-state index contributed by atoms with van der Waals surface area (Å²) >= 11 is 0. The maximum Gasteiger partial charge on any atom is 0.228 e. The van der Waals surface area contributed by atoms with Gasteiger partial charge in [-0.25, -0.2) is 4.39 Å². The molecule has 0 bridgehead atoms. The zero-order chi connectivity index (χ0) is 14.0. The summed E-state index contributed by atoms with van der Waals surface area (Å²) in [6.45, 7) is 8.73. The van der Waals surface area contributed by atoms with E-state index in [-0.39, 0.29) is 17.1 Å². The molecule has 0 saturated carbocycles. The van der Waals surface area contributed by atoms with Gasteiger partial charge in [0.2, 0.25) is 5.91 Å². The monoisotopic (exact) mass is 264 g/mol. The molecule has 4 heteroatoms. The lowest BCUT2D eigenvalue weighted by Gasteiger charge is -2.38. The molecular weight excluding hydrogens is 243 g/mol. The highest BCUT2D eigenvalue weighted by atomic mass is 19.1. The lowest BCUT2D eigenvalue weighted by atomic mass is 9.94. The molecule has 1 aromatic carbocycles. The van der Waals surface area contributed by atoms with E-state index in [4.69, 9.17) is 0 Å². The Labute approximate surface area is 114 Å². The van der Waals surface area contributed by atoms with Crippen molar-refractivity contribution in [2.24, 2.45) is 5.41 Å². The Morgan fingerprint density at radius 3 is 2.32 bits per heavy atom. The number of anilines is 1. The van der Waals surface area contributed by atoms with Crippen LogP contribution >= 0.6 is 0 Å². The number of halogens is 1. The number of hydrogen-bond acceptors (Lipinski definition) is 2. The Morgan fingerprint density at radius 1 is 1.16 bits per heavy atom. The predicted octanol–water partition coefficient (Wildman–Crippen LogP) is 2.52. The lowest BCUT2D eigenvalue weighted by Crippen LogP contribution is -2.51. The quantitative estimate of drug-likeness (QED) is 0.778. The summed E-state index contributed by atoms with van der Waals surface area (Å²) in [4.78, 5) is 16.2. The first-order valence-electron chi connectivity index (χ1n) is 6.68. The van der Waals surface area contributed by atoms with Gasteiger partial charge in [-0.15, -0.1) is 0 Å². The minimum atomic E-state index is -0.332. The first kappa shape index (κ1) is 13.8. The van der Waals surface area contributed by atoms with Gasteiger partial charge in [-0.1, -0.05) is 26.8 Å². The molecule has 19 heavy (non-hydrogen) atoms. The predicted molar refractivity (Wildman–Crippen MR) is 74.6 cm³/mol. The third-order valence-corrected chi connectivity index (χ3v) is 3.38. The summed E-state index contributed by atoms with van der Waals surface area (Å²) in [6, 6.07) is 6.62. The van der Waals surface area contributed by atoms with E-state index < -0.39 is 0 Å². The van der Waals surface area contributed by atoms with Crippen molar-refractivity contribution in [2.75, 3.05) is 31.1 Å². The molecule has 104 valence electrons. The third kappa shape index (κ3) is 3.25. The normalized spacial score (nSPS) is 16.6. The molecule has 0 atom stereocenters. The highest BCUT2D eigenvalue weighted by molar-refractivity contribution is 5.81. The average molecular weight is 264 g/mol. The smallest absolute Gasteiger partial charge is 0.228 e. The molecule has 1 aromatic rings. The van der Waals surface area contributed by atoms with Crippen molar-refractivity contribution in [1.29, 1.82) is 0 Å². The second kappa shape index (κ2) is 5.19. The van der Waals surface area contributed by atoms with Crippen LogP contribution in [0.15, 0.2) is 24.3 Å². The van der Waals surface area contributed by atoms with Crippen LogP contribution in [0.3, 0.4) is 0 Å². The molecule has 1 heterocycles. The van der Waals surface area contributed by atoms with Gasteiger partial charge in [0.15, 0.2) is 0 Å². The van der Waals surface area contributed by atoms with Crippen LogP contribution in [-0.2, 0) is 4.79 Å². The topological polar surface area (TPSA) is 23.6 Å². The molecular formula is C15H21FN2O. The molecule has 2 rings (SSSR count). The van der Waals surface area contributed by atoms with Crippen LogP contribution in [0.1, 0.15) is 20.8 Å². The number of carbonyl (C=O) groups is 1. The summed E-state index contributed by atoms with van der Waals surface area (Å²) in [7, 11) is 0. The van der Waals surface area contributed by atoms with Crippen LogP contribution in [0.4, 0.5) is 10.1 Å². The zero-order valence-electron chi connectivity index (χ0n) is 11.8. The van der Waals surface area contributed by atoms with Gasteiger partial charge in [0.1, 0.15) is 5.82 Å². The van der Waals surface area contributed by atoms with E-state index in [1.54, 1.807) is 12.1 Å². The first-order chi connectivity index (χ1) is 8.88. The van der Waals surface area contributed by atoms with Crippen LogP contribution in [0.5, 0.6) is 0 Å². The van der Waals surface area contributed by atoms with Gasteiger partial charge in [0, 0.05) is 37.3 Å². The van der Waals surface area contributed by atoms with Crippen molar-refractivity contribution in [3.8, 4) is 0 Å². The van der Waals surface area contributed by atoms with E-state index in [0.717, 1.165) is 18.8 Å². The summed E-state index contributed by atoms with van der Waals surface area (Å²) in [5.74, 6) is -0.0305. The standard InChI is InChI=1S/C15H21FN2O/c1-15(2,3)14(19)18-9-7-17(8-10-18)13-6-4-5-12(16)11-13/h4-6,11H,7-10H2,1-3H3. The molecule has 0 N–H and O–H groups in total. The van der Waals surface area contributed by atoms with Crippen molar-refractivity contribution in [3.63, 3.8) is 0 Å². The van der Waals surface area contributed by atoms with E-state index in [9.17, 15) is 9.18 Å². The maximum absolute atomic E-state index is 13.2. The van der Waals surface area contributed by atoms with Crippen LogP contribution in [0.25, 0.3) is 0 Å². The molecule has 1 fully saturated rings. The Morgan fingerprint density at radius 2 is 1.79 bits per heavy atom. The number of nitrogens with zero attached hydrogens (tertiary/aromatic N) is 2. The van der Waals surface area contributed by atoms with Crippen molar-refractivity contribution in [3.05, 3.63) is 30.1 Å². The molecule has 1 aliphatic heterocycles. The molecule has 0 unspecified atom stereocenters. The lowest BCUT2D eigenvalue weighted by molar-refractivity contribution is -0.139. The number of piperazine rings is 1. The van der Waals surface area contributed by atoms with Crippen molar-refractivity contribution >= 4 is 11.6 Å². The number of carbonyl (C=O) groups excluding carboxylic acids is 1. The molecule has 0 aliphatic carbocycles. The van der Waals surface area contributed by atoms with E-state index in [1.165, 1.54) is 6.07 Å². The second-order valence-corrected chi connectivity index (χ2v) is 6.01. The summed E-state index contributed by atoms with van der Waals surface area (Å²) in [5.41, 5.74) is 0.559. The fourth-order valence-corrected chi connectivity index (χ4v) is 2.31. The van der Waals surface area contributed by atoms with Gasteiger partial charge in [0.25, 0.3) is 0 Å². The largest absolute Gasteiger partial charge is 0.368 e. The molecule has 1 amide bonds. The van der Waals surface area contributed by atoms with Gasteiger partial charge in [-0.2, -0.15) is 0 Å². The van der Waals surface area contributed by atoms with Crippen molar-refractivity contribution in [1.82, 2.24) is 4.90 Å². The Balaban J connectivity index is 1.98. The summed E-state index contributed by atoms with van der Waals surface area (Å²) in [5, 5.41) is 0. The van der Waals surface area contributed by atoms with E-state index in [0.29, 0.717) is 13.1 Å². The third-order valence-electron chi connectivity index (χ3n) is 3.38. The number of rotatable bonds is 1. The van der Waals surface area contributed by atoms with Crippen molar-refractivity contribution in [2.45, 2.75) is 20.8 Å². The Bertz CT molecular complexity index is 459. The molecule has 1 aliphatic rings. The first-order valence-corrected chi connectivity index (χ1v) is 6.68. The fraction of sp³-hybridized carbons (Fsp3) is 0.533. The highest BCUT2D eigenvalue weighted by Crippen LogP contribution is 2.21. The molecule has 0 aromatic heterocycles. The van der Waals surface area contributed by atoms with Gasteiger partial charge in [-0.05, 0) is 18.2 Å². The van der Waals surface area contributed by atoms with Gasteiger partial charge in [0.05, 0.1) is 0 Å². The SMILES string of the molecule is CC(C)(C)C(=O)N1CCN(c2cccc(F)c2)CC1. The highest BCUT2D eigenvalue weighted by Gasteiger charge is 2.29. The minimum absolute atomic E-state index is 0.186. The molecule has 3 nitrogen and oxygen atoms in total. The summed E-state index contributed by atoms with van der Waals surface area (Å²) < 4.78 is 13.2. The van der Waals surface area contributed by atoms with E-state index in [2.05, 4.69) is 4.90 Å². The number of hydrogen-bond donors (Lipinski definition) is 0. The summed E-state index contributed by atoms with van der Waals surface area (Å²) in [6.07, 6.45) is 0. The van der Waals surface area contributed by atoms with Crippen molar-refractivity contribution < 1.29 is 9.18 Å². The second-order valence-electron chi connectivity index (χ2n) is 6.01. The van der Waals surface area contributed by atoms with Crippen LogP contribution in [0, 0.1) is 11.2 Å². The Kier molecular flexibility index (Phi) is 3.78. The van der Waals surface area contributed by atoms with E-state index in [1.807, 2.05) is 31.7 Å². The molecule has 1 saturated heterocycles. The molecule has 0 radical (unpaired) electrons.